The summed E-state index contributed by atoms with van der Waals surface area (Å²) < 4.78 is 5.04. The van der Waals surface area contributed by atoms with Gasteiger partial charge in [0.2, 0.25) is 17.7 Å². The zero-order valence-electron chi connectivity index (χ0n) is 15.8. The summed E-state index contributed by atoms with van der Waals surface area (Å²) in [5.41, 5.74) is 5.84. The van der Waals surface area contributed by atoms with Gasteiger partial charge in [-0.25, -0.2) is 4.79 Å². The van der Waals surface area contributed by atoms with Gasteiger partial charge in [0, 0.05) is 13.0 Å². The van der Waals surface area contributed by atoms with E-state index in [1.807, 2.05) is 6.07 Å². The molecule has 0 radical (unpaired) electrons. The maximum Gasteiger partial charge on any atom is 0.408 e. The maximum atomic E-state index is 12.3. The first kappa shape index (κ1) is 23.9. The predicted molar refractivity (Wildman–Crippen MR) is 101 cm³/mol. The molecule has 2 atom stereocenters. The number of primary amides is 1. The Hall–Kier alpha value is -3.18. The van der Waals surface area contributed by atoms with Crippen LogP contribution < -0.4 is 21.7 Å². The third-order valence-electron chi connectivity index (χ3n) is 3.67. The number of alkyl carbamates (subject to hydrolysis) is 1. The van der Waals surface area contributed by atoms with Gasteiger partial charge in [-0.1, -0.05) is 30.3 Å². The van der Waals surface area contributed by atoms with Crippen molar-refractivity contribution in [2.24, 2.45) is 5.73 Å². The lowest BCUT2D eigenvalue weighted by Crippen LogP contribution is -2.49. The van der Waals surface area contributed by atoms with Crippen LogP contribution >= 0.6 is 0 Å². The molecule has 0 aromatic heterocycles. The fraction of sp³-hybridized carbons (Fsp3) is 0.444. The van der Waals surface area contributed by atoms with Gasteiger partial charge < -0.3 is 36.6 Å². The number of rotatable bonds is 12. The monoisotopic (exact) mass is 410 g/mol. The molecule has 11 heteroatoms. The molecule has 0 aliphatic heterocycles. The maximum absolute atomic E-state index is 12.3. The lowest BCUT2D eigenvalue weighted by Gasteiger charge is -2.18. The number of nitrogens with one attached hydrogen (secondary N) is 3. The number of amides is 4. The summed E-state index contributed by atoms with van der Waals surface area (Å²) in [6.45, 7) is -1.13. The molecule has 1 aromatic carbocycles. The van der Waals surface area contributed by atoms with Crippen molar-refractivity contribution in [1.82, 2.24) is 16.0 Å². The second-order valence-corrected chi connectivity index (χ2v) is 6.12. The Bertz CT molecular complexity index is 684. The molecule has 1 rings (SSSR count). The highest BCUT2D eigenvalue weighted by Gasteiger charge is 2.22. The first-order valence-electron chi connectivity index (χ1n) is 8.90. The number of nitrogens with two attached hydrogens (primary N) is 1. The van der Waals surface area contributed by atoms with Gasteiger partial charge >= 0.3 is 6.09 Å². The molecule has 1 aromatic rings. The standard InChI is InChI=1S/C18H26N4O7/c19-15(25)7-6-14(17(27)21-9-16(26)20-8-13(24)10-23)22-18(28)29-11-12-4-2-1-3-5-12/h1-5,13-14,23-24H,6-11H2,(H2,19,25)(H,20,26)(H,21,27)(H,22,28). The van der Waals surface area contributed by atoms with E-state index in [1.54, 1.807) is 24.3 Å². The Morgan fingerprint density at radius 3 is 2.41 bits per heavy atom. The Kier molecular flexibility index (Phi) is 10.8. The quantitative estimate of drug-likeness (QED) is 0.233. The molecule has 0 spiro atoms. The molecule has 0 bridgehead atoms. The predicted octanol–water partition coefficient (Wildman–Crippen LogP) is -1.87. The molecule has 0 fully saturated rings. The number of ether oxygens (including phenoxy) is 1. The van der Waals surface area contributed by atoms with E-state index >= 15 is 0 Å². The first-order valence-corrected chi connectivity index (χ1v) is 8.90. The van der Waals surface area contributed by atoms with Crippen molar-refractivity contribution < 1.29 is 34.1 Å². The van der Waals surface area contributed by atoms with Crippen molar-refractivity contribution >= 4 is 23.8 Å². The average molecular weight is 410 g/mol. The van der Waals surface area contributed by atoms with Crippen LogP contribution in [0.3, 0.4) is 0 Å². The lowest BCUT2D eigenvalue weighted by molar-refractivity contribution is -0.127. The Balaban J connectivity index is 2.52. The van der Waals surface area contributed by atoms with Crippen LogP contribution in [0.15, 0.2) is 30.3 Å². The van der Waals surface area contributed by atoms with Gasteiger partial charge in [-0.2, -0.15) is 0 Å². The number of aliphatic hydroxyl groups is 2. The first-order chi connectivity index (χ1) is 13.8. The van der Waals surface area contributed by atoms with Crippen LogP contribution in [0, 0.1) is 0 Å². The molecule has 29 heavy (non-hydrogen) atoms. The molecule has 0 heterocycles. The van der Waals surface area contributed by atoms with E-state index in [0.29, 0.717) is 0 Å². The Morgan fingerprint density at radius 2 is 1.79 bits per heavy atom. The highest BCUT2D eigenvalue weighted by molar-refractivity contribution is 5.89. The lowest BCUT2D eigenvalue weighted by atomic mass is 10.1. The molecule has 160 valence electrons. The third-order valence-corrected chi connectivity index (χ3v) is 3.67. The van der Waals surface area contributed by atoms with Gasteiger partial charge in [0.1, 0.15) is 12.6 Å². The van der Waals surface area contributed by atoms with Crippen LogP contribution in [0.1, 0.15) is 18.4 Å². The summed E-state index contributed by atoms with van der Waals surface area (Å²) in [4.78, 5) is 46.9. The van der Waals surface area contributed by atoms with Crippen molar-refractivity contribution in [2.45, 2.75) is 31.6 Å². The molecule has 7 N–H and O–H groups in total. The van der Waals surface area contributed by atoms with Gasteiger partial charge in [-0.15, -0.1) is 0 Å². The van der Waals surface area contributed by atoms with Crippen molar-refractivity contribution in [3.05, 3.63) is 35.9 Å². The van der Waals surface area contributed by atoms with Gasteiger partial charge in [0.05, 0.1) is 19.3 Å². The minimum absolute atomic E-state index is 0.00752. The van der Waals surface area contributed by atoms with Crippen molar-refractivity contribution in [2.75, 3.05) is 19.7 Å². The Labute approximate surface area is 167 Å². The molecule has 11 nitrogen and oxygen atoms in total. The summed E-state index contributed by atoms with van der Waals surface area (Å²) >= 11 is 0. The van der Waals surface area contributed by atoms with E-state index in [-0.39, 0.29) is 26.0 Å². The number of carbonyl (C=O) groups excluding carboxylic acids is 4. The molecular formula is C18H26N4O7. The minimum Gasteiger partial charge on any atom is -0.445 e. The third kappa shape index (κ3) is 10.7. The summed E-state index contributed by atoms with van der Waals surface area (Å²) in [7, 11) is 0. The minimum atomic E-state index is -1.14. The van der Waals surface area contributed by atoms with E-state index < -0.39 is 49.1 Å². The highest BCUT2D eigenvalue weighted by atomic mass is 16.5. The van der Waals surface area contributed by atoms with Gasteiger partial charge in [0.15, 0.2) is 0 Å². The zero-order valence-corrected chi connectivity index (χ0v) is 15.8. The smallest absolute Gasteiger partial charge is 0.408 e. The number of hydrogen-bond donors (Lipinski definition) is 6. The number of carbonyl (C=O) groups is 4. The van der Waals surface area contributed by atoms with Crippen molar-refractivity contribution in [3.63, 3.8) is 0 Å². The number of aliphatic hydroxyl groups excluding tert-OH is 2. The molecule has 4 amide bonds. The normalized spacial score (nSPS) is 12.3. The number of benzene rings is 1. The second kappa shape index (κ2) is 13.1. The summed E-state index contributed by atoms with van der Waals surface area (Å²) in [6.07, 6.45) is -2.22. The molecule has 0 saturated heterocycles. The SMILES string of the molecule is NC(=O)CCC(NC(=O)OCc1ccccc1)C(=O)NCC(=O)NCC(O)CO. The second-order valence-electron chi connectivity index (χ2n) is 6.12. The van der Waals surface area contributed by atoms with Gasteiger partial charge in [-0.05, 0) is 12.0 Å². The topological polar surface area (TPSA) is 180 Å². The Morgan fingerprint density at radius 1 is 1.10 bits per heavy atom. The summed E-state index contributed by atoms with van der Waals surface area (Å²) in [5, 5.41) is 24.8. The van der Waals surface area contributed by atoms with Crippen LogP contribution in [0.4, 0.5) is 4.79 Å². The molecule has 2 unspecified atom stereocenters. The van der Waals surface area contributed by atoms with E-state index in [0.717, 1.165) is 5.56 Å². The molecule has 0 aliphatic carbocycles. The van der Waals surface area contributed by atoms with Gasteiger partial charge in [-0.3, -0.25) is 14.4 Å². The fourth-order valence-electron chi connectivity index (χ4n) is 2.11. The van der Waals surface area contributed by atoms with Crippen LogP contribution in [0.25, 0.3) is 0 Å². The number of hydrogen-bond acceptors (Lipinski definition) is 7. The molecular weight excluding hydrogens is 384 g/mol. The van der Waals surface area contributed by atoms with Crippen LogP contribution in [0.5, 0.6) is 0 Å². The summed E-state index contributed by atoms with van der Waals surface area (Å²) in [5.74, 6) is -1.97. The largest absolute Gasteiger partial charge is 0.445 e. The van der Waals surface area contributed by atoms with Crippen molar-refractivity contribution in [3.8, 4) is 0 Å². The van der Waals surface area contributed by atoms with E-state index in [4.69, 9.17) is 20.7 Å². The van der Waals surface area contributed by atoms with Crippen LogP contribution in [0.2, 0.25) is 0 Å². The average Bonchev–Trinajstić information content (AvgIpc) is 2.72. The summed E-state index contributed by atoms with van der Waals surface area (Å²) in [6, 6.07) is 7.76. The zero-order chi connectivity index (χ0) is 21.6. The molecule has 0 aliphatic rings. The molecule has 0 saturated carbocycles. The van der Waals surface area contributed by atoms with Gasteiger partial charge in [0.25, 0.3) is 0 Å². The van der Waals surface area contributed by atoms with E-state index in [1.165, 1.54) is 0 Å². The van der Waals surface area contributed by atoms with E-state index in [9.17, 15) is 19.2 Å². The highest BCUT2D eigenvalue weighted by Crippen LogP contribution is 2.02. The van der Waals surface area contributed by atoms with Crippen LogP contribution in [-0.4, -0.2) is 65.9 Å². The van der Waals surface area contributed by atoms with E-state index in [2.05, 4.69) is 16.0 Å². The fourth-order valence-corrected chi connectivity index (χ4v) is 2.11. The van der Waals surface area contributed by atoms with Crippen LogP contribution in [-0.2, 0) is 25.7 Å². The van der Waals surface area contributed by atoms with Crippen molar-refractivity contribution in [1.29, 1.82) is 0 Å².